The van der Waals surface area contributed by atoms with Crippen LogP contribution in [0.15, 0.2) is 29.0 Å². The minimum atomic E-state index is -0.261. The summed E-state index contributed by atoms with van der Waals surface area (Å²) in [6.07, 6.45) is 3.85. The Morgan fingerprint density at radius 1 is 1.35 bits per heavy atom. The molecule has 0 saturated carbocycles. The maximum absolute atomic E-state index is 13.5. The second kappa shape index (κ2) is 5.56. The molecular weight excluding hydrogens is 321 g/mol. The number of aryl methyl sites for hydroxylation is 1. The third-order valence-electron chi connectivity index (χ3n) is 3.07. The Balaban J connectivity index is 2.09. The van der Waals surface area contributed by atoms with Crippen LogP contribution in [0.3, 0.4) is 0 Å². The lowest BCUT2D eigenvalue weighted by atomic mass is 10.1. The van der Waals surface area contributed by atoms with E-state index in [0.29, 0.717) is 11.0 Å². The van der Waals surface area contributed by atoms with Gasteiger partial charge in [0.05, 0.1) is 16.2 Å². The van der Waals surface area contributed by atoms with Crippen molar-refractivity contribution in [2.45, 2.75) is 39.8 Å². The van der Waals surface area contributed by atoms with Crippen molar-refractivity contribution in [3.8, 4) is 0 Å². The number of hydrogen-bond acceptors (Lipinski definition) is 2. The molecule has 0 aliphatic rings. The number of nitrogens with zero attached hydrogens (tertiary/aromatic N) is 2. The summed E-state index contributed by atoms with van der Waals surface area (Å²) < 4.78 is 16.0. The quantitative estimate of drug-likeness (QED) is 0.894. The molecule has 0 radical (unpaired) electrons. The molecule has 0 amide bonds. The Morgan fingerprint density at radius 2 is 2.05 bits per heavy atom. The van der Waals surface area contributed by atoms with Gasteiger partial charge in [-0.2, -0.15) is 5.10 Å². The molecular formula is C15H19BrFN3. The first-order chi connectivity index (χ1) is 9.27. The monoisotopic (exact) mass is 339 g/mol. The number of nitrogens with one attached hydrogen (secondary N) is 1. The number of halogens is 2. The minimum absolute atomic E-state index is 0.0299. The minimum Gasteiger partial charge on any atom is -0.381 e. The van der Waals surface area contributed by atoms with Crippen LogP contribution >= 0.6 is 15.9 Å². The summed E-state index contributed by atoms with van der Waals surface area (Å²) in [5.41, 5.74) is 2.84. The zero-order valence-electron chi connectivity index (χ0n) is 12.2. The molecule has 2 aromatic rings. The molecule has 1 heterocycles. The number of anilines is 1. The number of benzene rings is 1. The van der Waals surface area contributed by atoms with E-state index >= 15 is 0 Å². The van der Waals surface area contributed by atoms with E-state index in [9.17, 15) is 4.39 Å². The second-order valence-corrected chi connectivity index (χ2v) is 6.75. The van der Waals surface area contributed by atoms with Gasteiger partial charge >= 0.3 is 0 Å². The maximum Gasteiger partial charge on any atom is 0.139 e. The first-order valence-electron chi connectivity index (χ1n) is 6.51. The lowest BCUT2D eigenvalue weighted by molar-refractivity contribution is 0.355. The molecule has 0 unspecified atom stereocenters. The Kier molecular flexibility index (Phi) is 4.18. The van der Waals surface area contributed by atoms with Crippen LogP contribution in [0, 0.1) is 12.7 Å². The maximum atomic E-state index is 13.5. The SMILES string of the molecule is Cc1cc(Br)c(F)cc1NCc1cnn(C(C)(C)C)c1. The number of aromatic nitrogens is 2. The zero-order chi connectivity index (χ0) is 14.9. The highest BCUT2D eigenvalue weighted by Gasteiger charge is 2.14. The van der Waals surface area contributed by atoms with Crippen molar-refractivity contribution in [3.05, 3.63) is 45.9 Å². The third-order valence-corrected chi connectivity index (χ3v) is 3.68. The van der Waals surface area contributed by atoms with Gasteiger partial charge in [0.25, 0.3) is 0 Å². The molecule has 5 heteroatoms. The van der Waals surface area contributed by atoms with Gasteiger partial charge < -0.3 is 5.32 Å². The first-order valence-corrected chi connectivity index (χ1v) is 7.30. The summed E-state index contributed by atoms with van der Waals surface area (Å²) in [5.74, 6) is -0.261. The molecule has 0 aliphatic carbocycles. The van der Waals surface area contributed by atoms with Gasteiger partial charge in [0.1, 0.15) is 5.82 Å². The standard InChI is InChI=1S/C15H19BrFN3/c1-10-5-12(16)13(17)6-14(10)18-7-11-8-19-20(9-11)15(2,3)4/h5-6,8-9,18H,7H2,1-4H3. The first kappa shape index (κ1) is 15.0. The molecule has 0 atom stereocenters. The van der Waals surface area contributed by atoms with Crippen molar-refractivity contribution < 1.29 is 4.39 Å². The van der Waals surface area contributed by atoms with Gasteiger partial charge in [0, 0.05) is 24.0 Å². The van der Waals surface area contributed by atoms with Crippen LogP contribution in [0.25, 0.3) is 0 Å². The summed E-state index contributed by atoms with van der Waals surface area (Å²) >= 11 is 3.19. The molecule has 2 rings (SSSR count). The fraction of sp³-hybridized carbons (Fsp3) is 0.400. The average molecular weight is 340 g/mol. The highest BCUT2D eigenvalue weighted by molar-refractivity contribution is 9.10. The molecule has 0 bridgehead atoms. The van der Waals surface area contributed by atoms with Crippen LogP contribution in [0.1, 0.15) is 31.9 Å². The van der Waals surface area contributed by atoms with Crippen molar-refractivity contribution in [1.82, 2.24) is 9.78 Å². The summed E-state index contributed by atoms with van der Waals surface area (Å²) in [7, 11) is 0. The van der Waals surface area contributed by atoms with E-state index in [2.05, 4.69) is 47.1 Å². The van der Waals surface area contributed by atoms with Crippen molar-refractivity contribution in [3.63, 3.8) is 0 Å². The zero-order valence-corrected chi connectivity index (χ0v) is 13.8. The summed E-state index contributed by atoms with van der Waals surface area (Å²) in [4.78, 5) is 0. The van der Waals surface area contributed by atoms with Crippen LogP contribution < -0.4 is 5.32 Å². The smallest absolute Gasteiger partial charge is 0.139 e. The van der Waals surface area contributed by atoms with Crippen molar-refractivity contribution in [2.75, 3.05) is 5.32 Å². The van der Waals surface area contributed by atoms with Crippen LogP contribution in [-0.4, -0.2) is 9.78 Å². The van der Waals surface area contributed by atoms with E-state index in [-0.39, 0.29) is 11.4 Å². The lowest BCUT2D eigenvalue weighted by Gasteiger charge is -2.18. The summed E-state index contributed by atoms with van der Waals surface area (Å²) in [6.45, 7) is 8.88. The van der Waals surface area contributed by atoms with Crippen LogP contribution in [0.5, 0.6) is 0 Å². The molecule has 0 fully saturated rings. The van der Waals surface area contributed by atoms with Gasteiger partial charge in [0.2, 0.25) is 0 Å². The van der Waals surface area contributed by atoms with E-state index in [1.807, 2.05) is 24.0 Å². The van der Waals surface area contributed by atoms with Gasteiger partial charge in [-0.15, -0.1) is 0 Å². The Hall–Kier alpha value is -1.36. The van der Waals surface area contributed by atoms with Gasteiger partial charge in [-0.3, -0.25) is 4.68 Å². The largest absolute Gasteiger partial charge is 0.381 e. The topological polar surface area (TPSA) is 29.9 Å². The predicted molar refractivity (Wildman–Crippen MR) is 83.4 cm³/mol. The molecule has 1 aromatic carbocycles. The molecule has 0 aliphatic heterocycles. The molecule has 20 heavy (non-hydrogen) atoms. The third kappa shape index (κ3) is 3.39. The van der Waals surface area contributed by atoms with Gasteiger partial charge in [-0.1, -0.05) is 0 Å². The van der Waals surface area contributed by atoms with Gasteiger partial charge in [0.15, 0.2) is 0 Å². The summed E-state index contributed by atoms with van der Waals surface area (Å²) in [5, 5.41) is 7.60. The molecule has 1 N–H and O–H groups in total. The average Bonchev–Trinajstić information content (AvgIpc) is 2.80. The van der Waals surface area contributed by atoms with E-state index in [4.69, 9.17) is 0 Å². The number of hydrogen-bond donors (Lipinski definition) is 1. The highest BCUT2D eigenvalue weighted by Crippen LogP contribution is 2.24. The second-order valence-electron chi connectivity index (χ2n) is 5.90. The molecule has 0 spiro atoms. The Bertz CT molecular complexity index is 614. The summed E-state index contributed by atoms with van der Waals surface area (Å²) in [6, 6.07) is 3.28. The normalized spacial score (nSPS) is 11.7. The highest BCUT2D eigenvalue weighted by atomic mass is 79.9. The lowest BCUT2D eigenvalue weighted by Crippen LogP contribution is -2.21. The Morgan fingerprint density at radius 3 is 2.65 bits per heavy atom. The van der Waals surface area contributed by atoms with Crippen LogP contribution in [0.4, 0.5) is 10.1 Å². The molecule has 108 valence electrons. The van der Waals surface area contributed by atoms with Crippen LogP contribution in [0.2, 0.25) is 0 Å². The van der Waals surface area contributed by atoms with Crippen molar-refractivity contribution in [2.24, 2.45) is 0 Å². The Labute approximate surface area is 127 Å². The van der Waals surface area contributed by atoms with Gasteiger partial charge in [-0.05, 0) is 61.3 Å². The van der Waals surface area contributed by atoms with E-state index < -0.39 is 0 Å². The molecule has 1 aromatic heterocycles. The fourth-order valence-corrected chi connectivity index (χ4v) is 2.31. The van der Waals surface area contributed by atoms with Crippen molar-refractivity contribution >= 4 is 21.6 Å². The van der Waals surface area contributed by atoms with E-state index in [0.717, 1.165) is 16.8 Å². The van der Waals surface area contributed by atoms with Crippen LogP contribution in [-0.2, 0) is 12.1 Å². The molecule has 3 nitrogen and oxygen atoms in total. The van der Waals surface area contributed by atoms with Gasteiger partial charge in [-0.25, -0.2) is 4.39 Å². The van der Waals surface area contributed by atoms with E-state index in [1.165, 1.54) is 6.07 Å². The molecule has 0 saturated heterocycles. The fourth-order valence-electron chi connectivity index (χ4n) is 1.85. The predicted octanol–water partition coefficient (Wildman–Crippen LogP) is 4.46. The number of rotatable bonds is 3. The van der Waals surface area contributed by atoms with Crippen molar-refractivity contribution in [1.29, 1.82) is 0 Å². The van der Waals surface area contributed by atoms with E-state index in [1.54, 1.807) is 6.07 Å².